The number of morpholine rings is 1. The van der Waals surface area contributed by atoms with Gasteiger partial charge in [0.05, 0.1) is 12.7 Å². The van der Waals surface area contributed by atoms with Gasteiger partial charge in [-0.2, -0.15) is 13.2 Å². The molecule has 1 unspecified atom stereocenters. The Morgan fingerprint density at radius 1 is 1.35 bits per heavy atom. The Hall–Kier alpha value is -0.780. The van der Waals surface area contributed by atoms with Crippen molar-refractivity contribution in [2.45, 2.75) is 39.5 Å². The maximum atomic E-state index is 12.3. The molecule has 3 nitrogen and oxygen atoms in total. The highest BCUT2D eigenvalue weighted by Crippen LogP contribution is 2.26. The predicted molar refractivity (Wildman–Crippen MR) is 56.4 cm³/mol. The first-order valence-corrected chi connectivity index (χ1v) is 5.57. The van der Waals surface area contributed by atoms with Crippen LogP contribution in [0, 0.1) is 5.41 Å². The number of nitrogens with zero attached hydrogens (tertiary/aromatic N) is 1. The maximum Gasteiger partial charge on any atom is 0.471 e. The van der Waals surface area contributed by atoms with E-state index in [-0.39, 0.29) is 31.2 Å². The Kier molecular flexibility index (Phi) is 4.06. The lowest BCUT2D eigenvalue weighted by Crippen LogP contribution is -2.50. The number of halogens is 3. The van der Waals surface area contributed by atoms with Crippen LogP contribution in [0.2, 0.25) is 0 Å². The number of rotatable bonds is 1. The molecule has 0 saturated carbocycles. The second kappa shape index (κ2) is 4.84. The van der Waals surface area contributed by atoms with E-state index >= 15 is 0 Å². The smallest absolute Gasteiger partial charge is 0.375 e. The quantitative estimate of drug-likeness (QED) is 0.717. The van der Waals surface area contributed by atoms with Crippen LogP contribution in [0.4, 0.5) is 13.2 Å². The van der Waals surface area contributed by atoms with Gasteiger partial charge in [0.15, 0.2) is 0 Å². The summed E-state index contributed by atoms with van der Waals surface area (Å²) in [7, 11) is 0. The van der Waals surface area contributed by atoms with Crippen LogP contribution in [0.3, 0.4) is 0 Å². The van der Waals surface area contributed by atoms with Gasteiger partial charge in [0.25, 0.3) is 0 Å². The summed E-state index contributed by atoms with van der Waals surface area (Å²) in [5, 5.41) is 0. The van der Waals surface area contributed by atoms with Crippen molar-refractivity contribution in [3.8, 4) is 0 Å². The molecule has 0 aromatic rings. The van der Waals surface area contributed by atoms with E-state index in [1.165, 1.54) is 0 Å². The van der Waals surface area contributed by atoms with Gasteiger partial charge in [0.1, 0.15) is 0 Å². The Labute approximate surface area is 98.9 Å². The molecule has 0 N–H and O–H groups in total. The standard InChI is InChI=1S/C11H18F3NO2/c1-10(2,3)6-8-7-15(4-5-17-8)9(16)11(12,13)14/h8H,4-7H2,1-3H3. The number of amides is 1. The fourth-order valence-corrected chi connectivity index (χ4v) is 1.89. The molecule has 0 radical (unpaired) electrons. The Morgan fingerprint density at radius 2 is 1.94 bits per heavy atom. The monoisotopic (exact) mass is 253 g/mol. The molecule has 1 rings (SSSR count). The number of carbonyl (C=O) groups excluding carboxylic acids is 1. The van der Waals surface area contributed by atoms with E-state index in [1.54, 1.807) is 0 Å². The second-order valence-electron chi connectivity index (χ2n) is 5.51. The SMILES string of the molecule is CC(C)(C)CC1CN(C(=O)C(F)(F)F)CCO1. The molecule has 0 aliphatic carbocycles. The van der Waals surface area contributed by atoms with Gasteiger partial charge in [-0.3, -0.25) is 4.79 Å². The second-order valence-corrected chi connectivity index (χ2v) is 5.51. The van der Waals surface area contributed by atoms with Gasteiger partial charge in [-0.1, -0.05) is 20.8 Å². The molecule has 0 bridgehead atoms. The number of carbonyl (C=O) groups is 1. The van der Waals surface area contributed by atoms with E-state index in [0.29, 0.717) is 6.42 Å². The van der Waals surface area contributed by atoms with Crippen LogP contribution < -0.4 is 0 Å². The van der Waals surface area contributed by atoms with Gasteiger partial charge in [0.2, 0.25) is 0 Å². The van der Waals surface area contributed by atoms with Gasteiger partial charge in [0, 0.05) is 13.1 Å². The van der Waals surface area contributed by atoms with E-state index in [2.05, 4.69) is 0 Å². The highest BCUT2D eigenvalue weighted by molar-refractivity contribution is 5.81. The maximum absolute atomic E-state index is 12.3. The summed E-state index contributed by atoms with van der Waals surface area (Å²) in [4.78, 5) is 11.9. The lowest BCUT2D eigenvalue weighted by molar-refractivity contribution is -0.191. The van der Waals surface area contributed by atoms with Crippen LogP contribution in [-0.2, 0) is 9.53 Å². The molecule has 1 aliphatic heterocycles. The summed E-state index contributed by atoms with van der Waals surface area (Å²) in [6, 6.07) is 0. The van der Waals surface area contributed by atoms with Gasteiger partial charge in [-0.05, 0) is 11.8 Å². The molecule has 1 fully saturated rings. The molecule has 1 amide bonds. The van der Waals surface area contributed by atoms with Gasteiger partial charge in [-0.25, -0.2) is 0 Å². The van der Waals surface area contributed by atoms with Gasteiger partial charge >= 0.3 is 12.1 Å². The molecule has 0 spiro atoms. The van der Waals surface area contributed by atoms with Gasteiger partial charge in [-0.15, -0.1) is 0 Å². The summed E-state index contributed by atoms with van der Waals surface area (Å²) >= 11 is 0. The fourth-order valence-electron chi connectivity index (χ4n) is 1.89. The molecule has 1 aliphatic rings. The molecule has 6 heteroatoms. The largest absolute Gasteiger partial charge is 0.471 e. The van der Waals surface area contributed by atoms with Gasteiger partial charge < -0.3 is 9.64 Å². The molecule has 0 aromatic heterocycles. The highest BCUT2D eigenvalue weighted by Gasteiger charge is 2.44. The molecule has 17 heavy (non-hydrogen) atoms. The third kappa shape index (κ3) is 4.53. The van der Waals surface area contributed by atoms with E-state index < -0.39 is 12.1 Å². The normalized spacial score (nSPS) is 22.7. The summed E-state index contributed by atoms with van der Waals surface area (Å²) in [6.45, 7) is 6.17. The number of alkyl halides is 3. The Morgan fingerprint density at radius 3 is 2.41 bits per heavy atom. The molecular formula is C11H18F3NO2. The van der Waals surface area contributed by atoms with E-state index in [9.17, 15) is 18.0 Å². The first kappa shape index (κ1) is 14.3. The first-order valence-electron chi connectivity index (χ1n) is 5.57. The lowest BCUT2D eigenvalue weighted by atomic mass is 9.88. The summed E-state index contributed by atoms with van der Waals surface area (Å²) in [5.41, 5.74) is -0.0328. The highest BCUT2D eigenvalue weighted by atomic mass is 19.4. The molecule has 0 aromatic carbocycles. The van der Waals surface area contributed by atoms with Crippen molar-refractivity contribution < 1.29 is 22.7 Å². The Balaban J connectivity index is 2.58. The average Bonchev–Trinajstić information content (AvgIpc) is 2.12. The number of ether oxygens (including phenoxy) is 1. The molecule has 1 atom stereocenters. The van der Waals surface area contributed by atoms with Crippen LogP contribution in [0.15, 0.2) is 0 Å². The predicted octanol–water partition coefficient (Wildman–Crippen LogP) is 2.21. The van der Waals surface area contributed by atoms with Crippen molar-refractivity contribution in [1.29, 1.82) is 0 Å². The summed E-state index contributed by atoms with van der Waals surface area (Å²) in [6.07, 6.45) is -4.46. The van der Waals surface area contributed by atoms with Crippen molar-refractivity contribution >= 4 is 5.91 Å². The average molecular weight is 253 g/mol. The third-order valence-corrected chi connectivity index (χ3v) is 2.51. The Bertz CT molecular complexity index is 283. The first-order chi connectivity index (χ1) is 7.59. The van der Waals surface area contributed by atoms with E-state index in [0.717, 1.165) is 4.90 Å². The minimum Gasteiger partial charge on any atom is -0.375 e. The van der Waals surface area contributed by atoms with E-state index in [4.69, 9.17) is 4.74 Å². The zero-order chi connectivity index (χ0) is 13.3. The molecule has 1 heterocycles. The van der Waals surface area contributed by atoms with Crippen molar-refractivity contribution in [2.75, 3.05) is 19.7 Å². The topological polar surface area (TPSA) is 29.5 Å². The molecule has 100 valence electrons. The number of hydrogen-bond acceptors (Lipinski definition) is 2. The fraction of sp³-hybridized carbons (Fsp3) is 0.909. The van der Waals surface area contributed by atoms with Crippen molar-refractivity contribution in [1.82, 2.24) is 4.90 Å². The molecule has 1 saturated heterocycles. The zero-order valence-electron chi connectivity index (χ0n) is 10.3. The zero-order valence-corrected chi connectivity index (χ0v) is 10.3. The lowest BCUT2D eigenvalue weighted by Gasteiger charge is -2.36. The molecular weight excluding hydrogens is 235 g/mol. The summed E-state index contributed by atoms with van der Waals surface area (Å²) < 4.78 is 42.2. The third-order valence-electron chi connectivity index (χ3n) is 2.51. The number of hydrogen-bond donors (Lipinski definition) is 0. The van der Waals surface area contributed by atoms with Crippen LogP contribution in [0.1, 0.15) is 27.2 Å². The minimum absolute atomic E-state index is 0.0129. The minimum atomic E-state index is -4.79. The van der Waals surface area contributed by atoms with Crippen molar-refractivity contribution in [3.05, 3.63) is 0 Å². The summed E-state index contributed by atoms with van der Waals surface area (Å²) in [5.74, 6) is -1.76. The van der Waals surface area contributed by atoms with Crippen LogP contribution >= 0.6 is 0 Å². The van der Waals surface area contributed by atoms with Crippen LogP contribution in [0.25, 0.3) is 0 Å². The van der Waals surface area contributed by atoms with Crippen molar-refractivity contribution in [3.63, 3.8) is 0 Å². The van der Waals surface area contributed by atoms with E-state index in [1.807, 2.05) is 20.8 Å². The van der Waals surface area contributed by atoms with Crippen LogP contribution in [-0.4, -0.2) is 42.8 Å². The van der Waals surface area contributed by atoms with Crippen molar-refractivity contribution in [2.24, 2.45) is 5.41 Å². The van der Waals surface area contributed by atoms with Crippen LogP contribution in [0.5, 0.6) is 0 Å².